The van der Waals surface area contributed by atoms with Gasteiger partial charge in [-0.1, -0.05) is 6.92 Å². The second-order valence-corrected chi connectivity index (χ2v) is 1.80. The van der Waals surface area contributed by atoms with E-state index in [4.69, 9.17) is 5.11 Å². The van der Waals surface area contributed by atoms with E-state index in [-0.39, 0.29) is 5.91 Å². The molecule has 0 saturated carbocycles. The van der Waals surface area contributed by atoms with Crippen LogP contribution in [0, 0.1) is 6.54 Å². The lowest BCUT2D eigenvalue weighted by Crippen LogP contribution is -2.23. The number of amides is 1. The van der Waals surface area contributed by atoms with Crippen LogP contribution in [0.15, 0.2) is 0 Å². The highest BCUT2D eigenvalue weighted by molar-refractivity contribution is 5.85. The molecule has 0 aromatic heterocycles. The van der Waals surface area contributed by atoms with Gasteiger partial charge in [-0.15, -0.1) is 0 Å². The highest BCUT2D eigenvalue weighted by Gasteiger charge is 2.01. The number of rotatable bonds is 4. The number of carboxylic acid groups (broad SMARTS) is 1. The summed E-state index contributed by atoms with van der Waals surface area (Å²) in [6.45, 7) is 2.58. The summed E-state index contributed by atoms with van der Waals surface area (Å²) in [5.74, 6) is -1.39. The molecule has 0 aliphatic heterocycles. The van der Waals surface area contributed by atoms with Crippen LogP contribution in [-0.2, 0) is 9.59 Å². The summed E-state index contributed by atoms with van der Waals surface area (Å²) < 4.78 is 0. The molecule has 0 rings (SSSR count). The largest absolute Gasteiger partial charge is 0.480 e. The minimum atomic E-state index is -1.13. The Balaban J connectivity index is 3.30. The minimum absolute atomic E-state index is 0.259. The summed E-state index contributed by atoms with van der Waals surface area (Å²) in [6.07, 6.45) is 1.09. The average Bonchev–Trinajstić information content (AvgIpc) is 1.85. The zero-order valence-electron chi connectivity index (χ0n) is 5.76. The number of carbonyl (C=O) groups excluding carboxylic acids is 1. The Morgan fingerprint density at radius 1 is 1.60 bits per heavy atom. The normalized spacial score (nSPS) is 8.90. The van der Waals surface area contributed by atoms with Gasteiger partial charge in [-0.2, -0.15) is 0 Å². The number of carbonyl (C=O) groups is 2. The van der Waals surface area contributed by atoms with Crippen molar-refractivity contribution in [1.29, 1.82) is 0 Å². The van der Waals surface area contributed by atoms with Crippen molar-refractivity contribution in [3.63, 3.8) is 0 Å². The van der Waals surface area contributed by atoms with Gasteiger partial charge in [0.2, 0.25) is 5.91 Å². The van der Waals surface area contributed by atoms with Crippen molar-refractivity contribution in [2.24, 2.45) is 0 Å². The number of carboxylic acids is 1. The molecule has 0 aromatic rings. The highest BCUT2D eigenvalue weighted by atomic mass is 16.4. The lowest BCUT2D eigenvalue weighted by atomic mass is 10.3. The monoisotopic (exact) mass is 144 g/mol. The molecule has 0 spiro atoms. The Bertz CT molecular complexity index is 133. The van der Waals surface area contributed by atoms with Crippen LogP contribution in [0.2, 0.25) is 0 Å². The molecule has 0 saturated heterocycles. The highest BCUT2D eigenvalue weighted by Crippen LogP contribution is 1.85. The van der Waals surface area contributed by atoms with Gasteiger partial charge in [0.15, 0.2) is 6.54 Å². The molecular formula is C6H10NO3. The molecule has 0 aromatic carbocycles. The number of nitrogens with one attached hydrogen (secondary N) is 1. The summed E-state index contributed by atoms with van der Waals surface area (Å²) >= 11 is 0. The van der Waals surface area contributed by atoms with Crippen molar-refractivity contribution in [2.75, 3.05) is 0 Å². The first kappa shape index (κ1) is 8.94. The fourth-order valence-electron chi connectivity index (χ4n) is 0.441. The maximum Gasteiger partial charge on any atom is 0.329 e. The maximum atomic E-state index is 10.5. The van der Waals surface area contributed by atoms with Crippen molar-refractivity contribution in [3.05, 3.63) is 6.54 Å². The Labute approximate surface area is 59.2 Å². The van der Waals surface area contributed by atoms with Gasteiger partial charge < -0.3 is 10.4 Å². The van der Waals surface area contributed by atoms with Crippen LogP contribution in [0.4, 0.5) is 0 Å². The molecule has 1 amide bonds. The quantitative estimate of drug-likeness (QED) is 0.590. The number of hydrogen-bond donors (Lipinski definition) is 2. The van der Waals surface area contributed by atoms with Crippen molar-refractivity contribution in [3.8, 4) is 0 Å². The van der Waals surface area contributed by atoms with E-state index in [0.29, 0.717) is 6.42 Å². The first-order valence-corrected chi connectivity index (χ1v) is 3.02. The van der Waals surface area contributed by atoms with Gasteiger partial charge in [-0.05, 0) is 6.42 Å². The maximum absolute atomic E-state index is 10.5. The number of aliphatic carboxylic acids is 1. The fraction of sp³-hybridized carbons (Fsp3) is 0.500. The van der Waals surface area contributed by atoms with Gasteiger partial charge in [0.25, 0.3) is 0 Å². The van der Waals surface area contributed by atoms with Gasteiger partial charge >= 0.3 is 5.97 Å². The summed E-state index contributed by atoms with van der Waals surface area (Å²) in [7, 11) is 0. The van der Waals surface area contributed by atoms with Crippen LogP contribution in [0.1, 0.15) is 19.8 Å². The van der Waals surface area contributed by atoms with Gasteiger partial charge in [-0.3, -0.25) is 4.79 Å². The predicted octanol–water partition coefficient (Wildman–Crippen LogP) is 0.149. The van der Waals surface area contributed by atoms with Gasteiger partial charge in [0, 0.05) is 6.42 Å². The molecule has 0 unspecified atom stereocenters. The molecule has 1 radical (unpaired) electrons. The van der Waals surface area contributed by atoms with Gasteiger partial charge in [-0.25, -0.2) is 4.79 Å². The molecule has 4 heteroatoms. The topological polar surface area (TPSA) is 66.4 Å². The summed E-state index contributed by atoms with van der Waals surface area (Å²) in [4.78, 5) is 20.4. The lowest BCUT2D eigenvalue weighted by molar-refractivity contribution is -0.135. The van der Waals surface area contributed by atoms with E-state index in [1.807, 2.05) is 6.92 Å². The molecule has 0 atom stereocenters. The van der Waals surface area contributed by atoms with E-state index in [0.717, 1.165) is 13.0 Å². The predicted molar refractivity (Wildman–Crippen MR) is 35.0 cm³/mol. The van der Waals surface area contributed by atoms with Crippen molar-refractivity contribution >= 4 is 11.9 Å². The third-order valence-corrected chi connectivity index (χ3v) is 0.834. The summed E-state index contributed by atoms with van der Waals surface area (Å²) in [5, 5.41) is 10.2. The molecule has 0 bridgehead atoms. The molecule has 0 aliphatic carbocycles. The molecule has 0 heterocycles. The molecule has 0 fully saturated rings. The molecular weight excluding hydrogens is 134 g/mol. The molecule has 2 N–H and O–H groups in total. The summed E-state index contributed by atoms with van der Waals surface area (Å²) in [6, 6.07) is 0. The van der Waals surface area contributed by atoms with Crippen LogP contribution >= 0.6 is 0 Å². The second-order valence-electron chi connectivity index (χ2n) is 1.80. The molecule has 57 valence electrons. The fourth-order valence-corrected chi connectivity index (χ4v) is 0.441. The van der Waals surface area contributed by atoms with E-state index in [2.05, 4.69) is 5.32 Å². The summed E-state index contributed by atoms with van der Waals surface area (Å²) in [5.41, 5.74) is 0. The van der Waals surface area contributed by atoms with Crippen LogP contribution < -0.4 is 5.32 Å². The van der Waals surface area contributed by atoms with Crippen LogP contribution in [0.3, 0.4) is 0 Å². The van der Waals surface area contributed by atoms with Gasteiger partial charge in [0.05, 0.1) is 0 Å². The third-order valence-electron chi connectivity index (χ3n) is 0.834. The van der Waals surface area contributed by atoms with Crippen molar-refractivity contribution in [1.82, 2.24) is 5.32 Å². The van der Waals surface area contributed by atoms with Crippen molar-refractivity contribution in [2.45, 2.75) is 19.8 Å². The van der Waals surface area contributed by atoms with Crippen LogP contribution in [-0.4, -0.2) is 17.0 Å². The zero-order chi connectivity index (χ0) is 7.98. The Morgan fingerprint density at radius 3 is 2.60 bits per heavy atom. The molecule has 0 aliphatic rings. The average molecular weight is 144 g/mol. The third kappa shape index (κ3) is 5.08. The zero-order valence-corrected chi connectivity index (χ0v) is 5.76. The van der Waals surface area contributed by atoms with E-state index in [1.54, 1.807) is 0 Å². The van der Waals surface area contributed by atoms with E-state index in [9.17, 15) is 9.59 Å². The van der Waals surface area contributed by atoms with E-state index < -0.39 is 5.97 Å². The Hall–Kier alpha value is -1.06. The lowest BCUT2D eigenvalue weighted by Gasteiger charge is -1.97. The first-order chi connectivity index (χ1) is 4.66. The van der Waals surface area contributed by atoms with Crippen LogP contribution in [0.25, 0.3) is 0 Å². The SMILES string of the molecule is CCCC(=O)N[CH]C(=O)O. The molecule has 4 nitrogen and oxygen atoms in total. The van der Waals surface area contributed by atoms with E-state index >= 15 is 0 Å². The van der Waals surface area contributed by atoms with Gasteiger partial charge in [0.1, 0.15) is 0 Å². The molecule has 10 heavy (non-hydrogen) atoms. The Kier molecular flexibility index (Phi) is 4.28. The number of hydrogen-bond acceptors (Lipinski definition) is 2. The van der Waals surface area contributed by atoms with Crippen LogP contribution in [0.5, 0.6) is 0 Å². The first-order valence-electron chi connectivity index (χ1n) is 3.02. The minimum Gasteiger partial charge on any atom is -0.480 e. The van der Waals surface area contributed by atoms with Crippen molar-refractivity contribution < 1.29 is 14.7 Å². The smallest absolute Gasteiger partial charge is 0.329 e. The van der Waals surface area contributed by atoms with E-state index in [1.165, 1.54) is 0 Å². The standard InChI is InChI=1S/C6H10NO3/c1-2-3-5(8)7-4-6(9)10/h4H,2-3H2,1H3,(H,7,8)(H,9,10). The second kappa shape index (κ2) is 4.78. The Morgan fingerprint density at radius 2 is 2.20 bits per heavy atom.